The second kappa shape index (κ2) is 8.74. The molecular formula is C24H34O. The molecule has 2 aromatic rings. The zero-order valence-electron chi connectivity index (χ0n) is 16.3. The molecule has 0 spiro atoms. The Kier molecular flexibility index (Phi) is 6.39. The molecular weight excluding hydrogens is 304 g/mol. The van der Waals surface area contributed by atoms with E-state index in [0.717, 1.165) is 36.5 Å². The van der Waals surface area contributed by atoms with Gasteiger partial charge in [0.05, 0.1) is 6.61 Å². The predicted molar refractivity (Wildman–Crippen MR) is 109 cm³/mol. The summed E-state index contributed by atoms with van der Waals surface area (Å²) in [5.74, 6) is 3.61. The van der Waals surface area contributed by atoms with E-state index in [1.807, 2.05) is 0 Å². The van der Waals surface area contributed by atoms with E-state index >= 15 is 0 Å². The summed E-state index contributed by atoms with van der Waals surface area (Å²) in [6.45, 7) is 7.67. The van der Waals surface area contributed by atoms with Crippen molar-refractivity contribution >= 4 is 10.8 Å². The molecule has 136 valence electrons. The van der Waals surface area contributed by atoms with Gasteiger partial charge in [-0.05, 0) is 84.7 Å². The Morgan fingerprint density at radius 2 is 1.68 bits per heavy atom. The Labute approximate surface area is 153 Å². The van der Waals surface area contributed by atoms with E-state index in [-0.39, 0.29) is 0 Å². The van der Waals surface area contributed by atoms with E-state index in [9.17, 15) is 0 Å². The van der Waals surface area contributed by atoms with Gasteiger partial charge in [0.2, 0.25) is 0 Å². The molecule has 1 atom stereocenters. The molecule has 0 radical (unpaired) electrons. The van der Waals surface area contributed by atoms with Crippen LogP contribution in [0.4, 0.5) is 0 Å². The lowest BCUT2D eigenvalue weighted by molar-refractivity contribution is 0.273. The number of hydrogen-bond acceptors (Lipinski definition) is 1. The Balaban J connectivity index is 1.64. The maximum Gasteiger partial charge on any atom is 0.119 e. The van der Waals surface area contributed by atoms with Crippen LogP contribution < -0.4 is 4.74 Å². The Bertz CT molecular complexity index is 667. The van der Waals surface area contributed by atoms with E-state index in [4.69, 9.17) is 4.74 Å². The zero-order valence-corrected chi connectivity index (χ0v) is 16.3. The third kappa shape index (κ3) is 4.77. The minimum Gasteiger partial charge on any atom is -0.494 e. The van der Waals surface area contributed by atoms with Gasteiger partial charge < -0.3 is 4.74 Å². The molecule has 1 aliphatic rings. The van der Waals surface area contributed by atoms with Crippen LogP contribution in [-0.4, -0.2) is 6.61 Å². The molecule has 0 saturated heterocycles. The van der Waals surface area contributed by atoms with E-state index in [0.29, 0.717) is 0 Å². The van der Waals surface area contributed by atoms with Crippen molar-refractivity contribution in [3.05, 3.63) is 42.0 Å². The summed E-state index contributed by atoms with van der Waals surface area (Å²) in [5.41, 5.74) is 1.54. The van der Waals surface area contributed by atoms with E-state index in [1.165, 1.54) is 54.9 Å². The highest BCUT2D eigenvalue weighted by molar-refractivity contribution is 5.84. The zero-order chi connectivity index (χ0) is 17.6. The first-order valence-electron chi connectivity index (χ1n) is 10.4. The standard InChI is InChI=1S/C24H34O/c1-4-14-25-24-13-12-22-16-21(10-11-23(22)17-24)20-8-6-19(7-9-20)15-18(3)5-2/h10-13,16-20H,4-9,14-15H2,1-3H3/t18?,19-,20-. The summed E-state index contributed by atoms with van der Waals surface area (Å²) < 4.78 is 5.76. The average Bonchev–Trinajstić information content (AvgIpc) is 2.66. The molecule has 0 amide bonds. The normalized spacial score (nSPS) is 22.0. The minimum absolute atomic E-state index is 0.758. The van der Waals surface area contributed by atoms with Crippen LogP contribution >= 0.6 is 0 Å². The molecule has 0 N–H and O–H groups in total. The molecule has 2 aromatic carbocycles. The summed E-state index contributed by atoms with van der Waals surface area (Å²) in [6, 6.07) is 13.6. The first-order chi connectivity index (χ1) is 12.2. The van der Waals surface area contributed by atoms with Crippen molar-refractivity contribution in [1.29, 1.82) is 0 Å². The first kappa shape index (κ1) is 18.3. The quantitative estimate of drug-likeness (QED) is 0.513. The topological polar surface area (TPSA) is 9.23 Å². The third-order valence-corrected chi connectivity index (χ3v) is 6.06. The molecule has 0 aromatic heterocycles. The number of ether oxygens (including phenoxy) is 1. The smallest absolute Gasteiger partial charge is 0.119 e. The largest absolute Gasteiger partial charge is 0.494 e. The second-order valence-electron chi connectivity index (χ2n) is 8.08. The molecule has 3 rings (SSSR count). The van der Waals surface area contributed by atoms with Gasteiger partial charge in [-0.3, -0.25) is 0 Å². The van der Waals surface area contributed by atoms with Crippen LogP contribution in [0.5, 0.6) is 5.75 Å². The highest BCUT2D eigenvalue weighted by Crippen LogP contribution is 2.39. The van der Waals surface area contributed by atoms with Gasteiger partial charge in [-0.2, -0.15) is 0 Å². The number of rotatable bonds is 7. The summed E-state index contributed by atoms with van der Waals surface area (Å²) >= 11 is 0. The van der Waals surface area contributed by atoms with Crippen molar-refractivity contribution < 1.29 is 4.74 Å². The van der Waals surface area contributed by atoms with Crippen LogP contribution in [0.3, 0.4) is 0 Å². The average molecular weight is 339 g/mol. The molecule has 1 unspecified atom stereocenters. The maximum atomic E-state index is 5.76. The van der Waals surface area contributed by atoms with Gasteiger partial charge >= 0.3 is 0 Å². The SMILES string of the molecule is CCCOc1ccc2cc([C@H]3CC[C@H](CC(C)CC)CC3)ccc2c1. The Morgan fingerprint density at radius 1 is 0.960 bits per heavy atom. The van der Waals surface area contributed by atoms with Crippen molar-refractivity contribution in [2.24, 2.45) is 11.8 Å². The third-order valence-electron chi connectivity index (χ3n) is 6.06. The van der Waals surface area contributed by atoms with Crippen LogP contribution in [0.2, 0.25) is 0 Å². The molecule has 0 aliphatic heterocycles. The van der Waals surface area contributed by atoms with Gasteiger partial charge in [0.15, 0.2) is 0 Å². The van der Waals surface area contributed by atoms with Crippen LogP contribution in [0.25, 0.3) is 10.8 Å². The van der Waals surface area contributed by atoms with Crippen LogP contribution in [0, 0.1) is 11.8 Å². The molecule has 0 heterocycles. The fraction of sp³-hybridized carbons (Fsp3) is 0.583. The molecule has 1 nitrogen and oxygen atoms in total. The number of fused-ring (bicyclic) bond motifs is 1. The van der Waals surface area contributed by atoms with Gasteiger partial charge in [-0.25, -0.2) is 0 Å². The molecule has 1 aliphatic carbocycles. The minimum atomic E-state index is 0.758. The summed E-state index contributed by atoms with van der Waals surface area (Å²) in [4.78, 5) is 0. The fourth-order valence-corrected chi connectivity index (χ4v) is 4.27. The van der Waals surface area contributed by atoms with Gasteiger partial charge in [0, 0.05) is 0 Å². The van der Waals surface area contributed by atoms with Gasteiger partial charge in [-0.1, -0.05) is 51.5 Å². The van der Waals surface area contributed by atoms with E-state index in [1.54, 1.807) is 0 Å². The van der Waals surface area contributed by atoms with Crippen molar-refractivity contribution in [2.45, 2.75) is 71.6 Å². The fourth-order valence-electron chi connectivity index (χ4n) is 4.27. The Morgan fingerprint density at radius 3 is 2.40 bits per heavy atom. The van der Waals surface area contributed by atoms with Crippen LogP contribution in [-0.2, 0) is 0 Å². The van der Waals surface area contributed by atoms with Crippen molar-refractivity contribution in [3.8, 4) is 5.75 Å². The van der Waals surface area contributed by atoms with Crippen molar-refractivity contribution in [3.63, 3.8) is 0 Å². The van der Waals surface area contributed by atoms with Crippen LogP contribution in [0.15, 0.2) is 36.4 Å². The predicted octanol–water partition coefficient (Wildman–Crippen LogP) is 7.34. The monoisotopic (exact) mass is 338 g/mol. The first-order valence-corrected chi connectivity index (χ1v) is 10.4. The lowest BCUT2D eigenvalue weighted by atomic mass is 9.75. The molecule has 1 saturated carbocycles. The summed E-state index contributed by atoms with van der Waals surface area (Å²) in [6.07, 6.45) is 9.37. The summed E-state index contributed by atoms with van der Waals surface area (Å²) in [7, 11) is 0. The highest BCUT2D eigenvalue weighted by atomic mass is 16.5. The van der Waals surface area contributed by atoms with Crippen molar-refractivity contribution in [1.82, 2.24) is 0 Å². The maximum absolute atomic E-state index is 5.76. The van der Waals surface area contributed by atoms with Gasteiger partial charge in [0.25, 0.3) is 0 Å². The molecule has 1 fully saturated rings. The van der Waals surface area contributed by atoms with Gasteiger partial charge in [-0.15, -0.1) is 0 Å². The molecule has 25 heavy (non-hydrogen) atoms. The van der Waals surface area contributed by atoms with E-state index in [2.05, 4.69) is 57.2 Å². The summed E-state index contributed by atoms with van der Waals surface area (Å²) in [5, 5.41) is 2.64. The van der Waals surface area contributed by atoms with Crippen LogP contribution in [0.1, 0.15) is 77.2 Å². The van der Waals surface area contributed by atoms with Gasteiger partial charge in [0.1, 0.15) is 5.75 Å². The number of benzene rings is 2. The molecule has 0 bridgehead atoms. The lowest BCUT2D eigenvalue weighted by Gasteiger charge is -2.30. The lowest BCUT2D eigenvalue weighted by Crippen LogP contribution is -2.15. The van der Waals surface area contributed by atoms with Crippen molar-refractivity contribution in [2.75, 3.05) is 6.61 Å². The van der Waals surface area contributed by atoms with E-state index < -0.39 is 0 Å². The molecule has 1 heteroatoms. The highest BCUT2D eigenvalue weighted by Gasteiger charge is 2.23. The number of hydrogen-bond donors (Lipinski definition) is 0. The Hall–Kier alpha value is -1.50. The second-order valence-corrected chi connectivity index (χ2v) is 8.08.